The van der Waals surface area contributed by atoms with Gasteiger partial charge in [-0.3, -0.25) is 14.1 Å². The molecule has 140 valence electrons. The van der Waals surface area contributed by atoms with Crippen molar-refractivity contribution in [3.8, 4) is 0 Å². The summed E-state index contributed by atoms with van der Waals surface area (Å²) in [7, 11) is -4.88. The molecule has 2 bridgehead atoms. The van der Waals surface area contributed by atoms with Crippen LogP contribution in [-0.2, 0) is 19.5 Å². The summed E-state index contributed by atoms with van der Waals surface area (Å²) in [5, 5.41) is 0.961. The lowest BCUT2D eigenvalue weighted by atomic mass is 10.00. The van der Waals surface area contributed by atoms with Crippen molar-refractivity contribution in [2.24, 2.45) is 5.84 Å². The van der Waals surface area contributed by atoms with E-state index in [0.29, 0.717) is 10.1 Å². The number of benzene rings is 1. The highest BCUT2D eigenvalue weighted by atomic mass is 32.3. The van der Waals surface area contributed by atoms with Crippen molar-refractivity contribution in [1.29, 1.82) is 0 Å². The van der Waals surface area contributed by atoms with Crippen LogP contribution < -0.4 is 5.84 Å². The van der Waals surface area contributed by atoms with Gasteiger partial charge in [0.2, 0.25) is 0 Å². The van der Waals surface area contributed by atoms with Crippen molar-refractivity contribution in [2.75, 3.05) is 6.54 Å². The minimum absolute atomic E-state index is 0.0120. The van der Waals surface area contributed by atoms with Gasteiger partial charge in [0.15, 0.2) is 0 Å². The zero-order valence-corrected chi connectivity index (χ0v) is 14.2. The first-order valence-corrected chi connectivity index (χ1v) is 9.00. The molecule has 0 radical (unpaired) electrons. The van der Waals surface area contributed by atoms with Crippen molar-refractivity contribution in [3.63, 3.8) is 0 Å². The lowest BCUT2D eigenvalue weighted by Crippen LogP contribution is -2.55. The van der Waals surface area contributed by atoms with Crippen LogP contribution in [0, 0.1) is 0 Å². The number of hydrogen-bond acceptors (Lipinski definition) is 7. The summed E-state index contributed by atoms with van der Waals surface area (Å²) in [6.45, 7) is 0.0120. The smallest absolute Gasteiger partial charge is 0.309 e. The van der Waals surface area contributed by atoms with Crippen molar-refractivity contribution in [2.45, 2.75) is 24.9 Å². The maximum absolute atomic E-state index is 12.6. The first-order chi connectivity index (χ1) is 12.2. The minimum Gasteiger partial charge on any atom is -0.309 e. The van der Waals surface area contributed by atoms with Gasteiger partial charge in [0.05, 0.1) is 6.04 Å². The molecule has 1 aromatic rings. The molecule has 0 aliphatic carbocycles. The molecule has 26 heavy (non-hydrogen) atoms. The number of piperidine rings is 1. The molecule has 2 unspecified atom stereocenters. The number of nitrogens with two attached hydrogens (primary N) is 1. The SMILES string of the molecule is NN(C(=O)c1ccccc1)C(=O)C1CCC2CN1C(=O)N2OS(=O)(=O)O. The monoisotopic (exact) mass is 384 g/mol. The zero-order valence-electron chi connectivity index (χ0n) is 13.4. The molecular weight excluding hydrogens is 368 g/mol. The Bertz CT molecular complexity index is 844. The normalized spacial score (nSPS) is 22.5. The molecule has 2 saturated heterocycles. The Morgan fingerprint density at radius 3 is 2.50 bits per heavy atom. The highest BCUT2D eigenvalue weighted by molar-refractivity contribution is 7.80. The van der Waals surface area contributed by atoms with Crippen molar-refractivity contribution in [1.82, 2.24) is 15.0 Å². The predicted octanol–water partition coefficient (Wildman–Crippen LogP) is -0.468. The number of carbonyl (C=O) groups is 3. The van der Waals surface area contributed by atoms with Crippen LogP contribution in [-0.4, -0.2) is 64.4 Å². The predicted molar refractivity (Wildman–Crippen MR) is 85.2 cm³/mol. The van der Waals surface area contributed by atoms with E-state index in [0.717, 1.165) is 4.90 Å². The number of imide groups is 1. The van der Waals surface area contributed by atoms with Gasteiger partial charge < -0.3 is 4.90 Å². The highest BCUT2D eigenvalue weighted by Crippen LogP contribution is 2.31. The van der Waals surface area contributed by atoms with Crippen LogP contribution >= 0.6 is 0 Å². The van der Waals surface area contributed by atoms with Gasteiger partial charge in [-0.1, -0.05) is 18.2 Å². The molecule has 0 saturated carbocycles. The zero-order chi connectivity index (χ0) is 19.1. The van der Waals surface area contributed by atoms with E-state index >= 15 is 0 Å². The lowest BCUT2D eigenvalue weighted by Gasteiger charge is -2.31. The van der Waals surface area contributed by atoms with Gasteiger partial charge in [-0.2, -0.15) is 13.5 Å². The van der Waals surface area contributed by atoms with Gasteiger partial charge >= 0.3 is 16.4 Å². The average Bonchev–Trinajstić information content (AvgIpc) is 2.84. The van der Waals surface area contributed by atoms with Crippen LogP contribution in [0.1, 0.15) is 23.2 Å². The second-order valence-electron chi connectivity index (χ2n) is 5.89. The number of urea groups is 1. The Kier molecular flexibility index (Phi) is 4.66. The molecule has 0 aromatic heterocycles. The van der Waals surface area contributed by atoms with Crippen LogP contribution in [0.2, 0.25) is 0 Å². The Hall–Kier alpha value is -2.54. The molecular formula is C14H16N4O7S. The van der Waals surface area contributed by atoms with E-state index in [1.807, 2.05) is 0 Å². The first-order valence-electron chi connectivity index (χ1n) is 7.64. The van der Waals surface area contributed by atoms with E-state index in [9.17, 15) is 22.8 Å². The molecule has 0 spiro atoms. The van der Waals surface area contributed by atoms with Crippen molar-refractivity contribution in [3.05, 3.63) is 35.9 Å². The van der Waals surface area contributed by atoms with E-state index in [2.05, 4.69) is 4.28 Å². The summed E-state index contributed by atoms with van der Waals surface area (Å²) in [5.74, 6) is 4.13. The number of amides is 4. The Labute approximate surface area is 148 Å². The summed E-state index contributed by atoms with van der Waals surface area (Å²) in [6, 6.07) is 5.36. The molecule has 1 aromatic carbocycles. The van der Waals surface area contributed by atoms with Gasteiger partial charge in [-0.25, -0.2) is 15.6 Å². The van der Waals surface area contributed by atoms with E-state index < -0.39 is 40.3 Å². The van der Waals surface area contributed by atoms with E-state index in [1.165, 1.54) is 12.1 Å². The third-order valence-electron chi connectivity index (χ3n) is 4.26. The fourth-order valence-electron chi connectivity index (χ4n) is 3.07. The van der Waals surface area contributed by atoms with Gasteiger partial charge in [0.1, 0.15) is 6.04 Å². The molecule has 2 fully saturated rings. The summed E-state index contributed by atoms with van der Waals surface area (Å²) in [5.41, 5.74) is 0.209. The fraction of sp³-hybridized carbons (Fsp3) is 0.357. The molecule has 2 aliphatic heterocycles. The lowest BCUT2D eigenvalue weighted by molar-refractivity contribution is -0.134. The maximum Gasteiger partial charge on any atom is 0.418 e. The van der Waals surface area contributed by atoms with Crippen molar-refractivity contribution >= 4 is 28.2 Å². The Balaban J connectivity index is 1.75. The quantitative estimate of drug-likeness (QED) is 0.232. The second kappa shape index (κ2) is 6.64. The Morgan fingerprint density at radius 1 is 1.23 bits per heavy atom. The van der Waals surface area contributed by atoms with Crippen molar-refractivity contribution < 1.29 is 31.6 Å². The Morgan fingerprint density at radius 2 is 1.88 bits per heavy atom. The van der Waals surface area contributed by atoms with Crippen LogP contribution in [0.25, 0.3) is 0 Å². The molecule has 2 heterocycles. The topological polar surface area (TPSA) is 151 Å². The first kappa shape index (κ1) is 18.3. The number of fused-ring (bicyclic) bond motifs is 2. The molecule has 3 N–H and O–H groups in total. The van der Waals surface area contributed by atoms with E-state index in [-0.39, 0.29) is 24.9 Å². The number of hydrazine groups is 1. The third-order valence-corrected chi connectivity index (χ3v) is 4.61. The molecule has 2 aliphatic rings. The van der Waals surface area contributed by atoms with E-state index in [4.69, 9.17) is 10.4 Å². The largest absolute Gasteiger partial charge is 0.418 e. The second-order valence-corrected chi connectivity index (χ2v) is 6.89. The maximum atomic E-state index is 12.6. The van der Waals surface area contributed by atoms with E-state index in [1.54, 1.807) is 18.2 Å². The average molecular weight is 384 g/mol. The number of nitrogens with zero attached hydrogens (tertiary/aromatic N) is 3. The summed E-state index contributed by atoms with van der Waals surface area (Å²) in [4.78, 5) is 38.3. The minimum atomic E-state index is -4.88. The standard InChI is InChI=1S/C14H16N4O7S/c15-17(12(19)9-4-2-1-3-5-9)13(20)11-7-6-10-8-16(11)14(21)18(10)25-26(22,23)24/h1-5,10-11H,6-8,15H2,(H,22,23,24). The molecule has 12 heteroatoms. The van der Waals surface area contributed by atoms with Crippen LogP contribution in [0.15, 0.2) is 30.3 Å². The van der Waals surface area contributed by atoms with Gasteiger partial charge in [0.25, 0.3) is 11.8 Å². The fourth-order valence-corrected chi connectivity index (χ4v) is 3.46. The summed E-state index contributed by atoms with van der Waals surface area (Å²) in [6.07, 6.45) is 0.401. The molecule has 3 rings (SSSR count). The summed E-state index contributed by atoms with van der Waals surface area (Å²) >= 11 is 0. The molecule has 4 amide bonds. The van der Waals surface area contributed by atoms with Gasteiger partial charge in [0, 0.05) is 12.1 Å². The number of carbonyl (C=O) groups excluding carboxylic acids is 3. The van der Waals surface area contributed by atoms with Crippen LogP contribution in [0.3, 0.4) is 0 Å². The number of hydrogen-bond donors (Lipinski definition) is 2. The highest BCUT2D eigenvalue weighted by Gasteiger charge is 2.50. The number of hydroxylamine groups is 2. The summed E-state index contributed by atoms with van der Waals surface area (Å²) < 4.78 is 34.8. The molecule has 11 nitrogen and oxygen atoms in total. The third kappa shape index (κ3) is 3.39. The van der Waals surface area contributed by atoms with Crippen LogP contribution in [0.4, 0.5) is 4.79 Å². The van der Waals surface area contributed by atoms with Crippen LogP contribution in [0.5, 0.6) is 0 Å². The number of rotatable bonds is 4. The van der Waals surface area contributed by atoms with Gasteiger partial charge in [-0.15, -0.1) is 4.28 Å². The van der Waals surface area contributed by atoms with Gasteiger partial charge in [-0.05, 0) is 25.0 Å². The molecule has 2 atom stereocenters.